The van der Waals surface area contributed by atoms with Gasteiger partial charge in [-0.25, -0.2) is 4.79 Å². The molecule has 9 nitrogen and oxygen atoms in total. The van der Waals surface area contributed by atoms with Crippen LogP contribution in [0.1, 0.15) is 399 Å². The van der Waals surface area contributed by atoms with Crippen LogP contribution in [0.25, 0.3) is 0 Å². The summed E-state index contributed by atoms with van der Waals surface area (Å²) < 4.78 is 23.1. The standard InChI is InChI=1S/C88H159NO8/c1-6-8-10-12-14-16-18-20-22-24-26-28-30-32-34-36-38-40-41-42-43-44-45-47-48-50-52-54-56-58-60-62-64-66-68-70-72-74-76-78-85(90)95-82-84(83-96-88(87(92)93)94-81-80-89(3,4)5)97-86(91)79-77-75-73-71-69-67-65-63-61-59-57-55-53-51-49-46-39-37-35-33-31-29-27-25-23-21-19-17-15-13-11-9-7-2/h9,11,15,17,21,23,27,29,33,35,39,46,51,53,84,88H,6-8,10,12-14,16,18-20,22,24-26,28,30-32,34,36-38,40-45,47-50,52,54-83H2,1-5H3/p+1/b11-9-,17-15-,23-21-,29-27-,35-33-,46-39-,53-51-. The van der Waals surface area contributed by atoms with E-state index in [1.54, 1.807) is 0 Å². The van der Waals surface area contributed by atoms with Crippen molar-refractivity contribution in [1.29, 1.82) is 0 Å². The molecule has 0 aliphatic heterocycles. The van der Waals surface area contributed by atoms with Gasteiger partial charge in [0.2, 0.25) is 0 Å². The molecule has 0 aliphatic carbocycles. The minimum atomic E-state index is -1.51. The Morgan fingerprint density at radius 2 is 0.588 bits per heavy atom. The molecule has 1 N–H and O–H groups in total. The zero-order chi connectivity index (χ0) is 70.4. The zero-order valence-electron chi connectivity index (χ0n) is 64.7. The van der Waals surface area contributed by atoms with Gasteiger partial charge >= 0.3 is 17.9 Å². The van der Waals surface area contributed by atoms with Gasteiger partial charge in [-0.2, -0.15) is 0 Å². The van der Waals surface area contributed by atoms with Crippen LogP contribution >= 0.6 is 0 Å². The van der Waals surface area contributed by atoms with Crippen LogP contribution in [0.15, 0.2) is 85.1 Å². The summed E-state index contributed by atoms with van der Waals surface area (Å²) >= 11 is 0. The first-order chi connectivity index (χ1) is 47.6. The number of allylic oxidation sites excluding steroid dienone is 14. The molecule has 0 bridgehead atoms. The van der Waals surface area contributed by atoms with E-state index in [0.717, 1.165) is 89.9 Å². The number of hydrogen-bond acceptors (Lipinski definition) is 7. The highest BCUT2D eigenvalue weighted by Crippen LogP contribution is 2.20. The highest BCUT2D eigenvalue weighted by molar-refractivity contribution is 5.71. The highest BCUT2D eigenvalue weighted by atomic mass is 16.7. The Labute approximate surface area is 601 Å². The molecule has 0 saturated carbocycles. The molecule has 0 aromatic rings. The lowest BCUT2D eigenvalue weighted by atomic mass is 10.0. The first kappa shape index (κ1) is 93.5. The molecule has 0 fully saturated rings. The Morgan fingerprint density at radius 1 is 0.320 bits per heavy atom. The fraction of sp³-hybridized carbons (Fsp3) is 0.807. The summed E-state index contributed by atoms with van der Waals surface area (Å²) in [7, 11) is 5.99. The molecular weight excluding hydrogens is 1200 g/mol. The SMILES string of the molecule is CC/C=C\C/C=C\C/C=C\C/C=C\C/C=C\C/C=C\C/C=C\CCCCCCCCCCCCCC(=O)OC(COC(=O)CCCCCCCCCCCCCCCCCCCCCCCCCCCCCCCCCCCCCCCCC)COC(OCC[N+](C)(C)C)C(=O)O. The van der Waals surface area contributed by atoms with Crippen molar-refractivity contribution in [3.8, 4) is 0 Å². The maximum Gasteiger partial charge on any atom is 0.361 e. The lowest BCUT2D eigenvalue weighted by Crippen LogP contribution is -2.40. The van der Waals surface area contributed by atoms with E-state index >= 15 is 0 Å². The van der Waals surface area contributed by atoms with Crippen molar-refractivity contribution in [2.24, 2.45) is 0 Å². The van der Waals surface area contributed by atoms with E-state index in [4.69, 9.17) is 18.9 Å². The van der Waals surface area contributed by atoms with Gasteiger partial charge in [-0.3, -0.25) is 9.59 Å². The highest BCUT2D eigenvalue weighted by Gasteiger charge is 2.25. The third-order valence-electron chi connectivity index (χ3n) is 18.7. The van der Waals surface area contributed by atoms with E-state index in [0.29, 0.717) is 23.9 Å². The fourth-order valence-electron chi connectivity index (χ4n) is 12.4. The number of quaternary nitrogens is 1. The van der Waals surface area contributed by atoms with Crippen molar-refractivity contribution in [3.63, 3.8) is 0 Å². The maximum atomic E-state index is 13.0. The smallest absolute Gasteiger partial charge is 0.361 e. The summed E-state index contributed by atoms with van der Waals surface area (Å²) in [6, 6.07) is 0. The van der Waals surface area contributed by atoms with Gasteiger partial charge in [-0.1, -0.05) is 401 Å². The minimum absolute atomic E-state index is 0.182. The normalized spacial score (nSPS) is 13.0. The van der Waals surface area contributed by atoms with Crippen LogP contribution in [0, 0.1) is 0 Å². The third-order valence-corrected chi connectivity index (χ3v) is 18.7. The van der Waals surface area contributed by atoms with Gasteiger partial charge in [0.1, 0.15) is 13.2 Å². The summed E-state index contributed by atoms with van der Waals surface area (Å²) in [6.07, 6.45) is 105. The van der Waals surface area contributed by atoms with Crippen LogP contribution in [0.5, 0.6) is 0 Å². The largest absolute Gasteiger partial charge is 0.477 e. The lowest BCUT2D eigenvalue weighted by molar-refractivity contribution is -0.870. The predicted octanol–water partition coefficient (Wildman–Crippen LogP) is 26.9. The lowest BCUT2D eigenvalue weighted by Gasteiger charge is -2.25. The summed E-state index contributed by atoms with van der Waals surface area (Å²) in [5, 5.41) is 9.78. The van der Waals surface area contributed by atoms with Gasteiger partial charge in [0.15, 0.2) is 6.10 Å². The van der Waals surface area contributed by atoms with Crippen LogP contribution in [-0.4, -0.2) is 87.4 Å². The molecule has 9 heteroatoms. The van der Waals surface area contributed by atoms with Crippen molar-refractivity contribution in [2.45, 2.75) is 411 Å². The Bertz CT molecular complexity index is 1870. The van der Waals surface area contributed by atoms with Crippen LogP contribution in [0.3, 0.4) is 0 Å². The molecule has 564 valence electrons. The van der Waals surface area contributed by atoms with Gasteiger partial charge in [0, 0.05) is 12.8 Å². The molecule has 2 unspecified atom stereocenters. The van der Waals surface area contributed by atoms with E-state index in [1.165, 1.54) is 276 Å². The zero-order valence-corrected chi connectivity index (χ0v) is 64.7. The maximum absolute atomic E-state index is 13.0. The molecule has 0 aromatic carbocycles. The molecule has 0 spiro atoms. The quantitative estimate of drug-likeness (QED) is 0.0211. The molecule has 0 heterocycles. The number of carboxylic acid groups (broad SMARTS) is 1. The number of rotatable bonds is 78. The number of hydrogen-bond donors (Lipinski definition) is 1. The number of esters is 2. The predicted molar refractivity (Wildman–Crippen MR) is 419 cm³/mol. The topological polar surface area (TPSA) is 108 Å². The summed E-state index contributed by atoms with van der Waals surface area (Å²) in [5.74, 6) is -1.99. The van der Waals surface area contributed by atoms with Crippen molar-refractivity contribution in [3.05, 3.63) is 85.1 Å². The molecule has 0 amide bonds. The van der Waals surface area contributed by atoms with Gasteiger partial charge in [-0.05, 0) is 70.6 Å². The number of unbranched alkanes of at least 4 members (excludes halogenated alkanes) is 49. The van der Waals surface area contributed by atoms with Crippen molar-refractivity contribution < 1.29 is 42.9 Å². The average molecular weight is 1360 g/mol. The first-order valence-corrected chi connectivity index (χ1v) is 41.8. The fourth-order valence-corrected chi connectivity index (χ4v) is 12.4. The number of nitrogens with zero attached hydrogens (tertiary/aromatic N) is 1. The molecular formula is C88H160NO8+. The second-order valence-corrected chi connectivity index (χ2v) is 29.4. The average Bonchev–Trinajstić information content (AvgIpc) is 2.59. The molecule has 2 atom stereocenters. The number of carbonyl (C=O) groups is 3. The van der Waals surface area contributed by atoms with Crippen LogP contribution in [0.2, 0.25) is 0 Å². The van der Waals surface area contributed by atoms with E-state index in [1.807, 2.05) is 21.1 Å². The van der Waals surface area contributed by atoms with Gasteiger partial charge in [0.25, 0.3) is 6.29 Å². The van der Waals surface area contributed by atoms with Crippen LogP contribution in [-0.2, 0) is 33.3 Å². The van der Waals surface area contributed by atoms with Crippen molar-refractivity contribution in [2.75, 3.05) is 47.5 Å². The Hall–Kier alpha value is -3.53. The van der Waals surface area contributed by atoms with E-state index < -0.39 is 24.3 Å². The van der Waals surface area contributed by atoms with E-state index in [-0.39, 0.29) is 32.2 Å². The number of ether oxygens (including phenoxy) is 4. The molecule has 97 heavy (non-hydrogen) atoms. The van der Waals surface area contributed by atoms with E-state index in [9.17, 15) is 19.5 Å². The molecule has 0 radical (unpaired) electrons. The molecule has 0 rings (SSSR count). The number of carbonyl (C=O) groups excluding carboxylic acids is 2. The van der Waals surface area contributed by atoms with Crippen LogP contribution < -0.4 is 0 Å². The Kier molecular flexibility index (Phi) is 75.3. The number of carboxylic acids is 1. The third kappa shape index (κ3) is 79.7. The number of aliphatic carboxylic acids is 1. The van der Waals surface area contributed by atoms with Gasteiger partial charge in [-0.15, -0.1) is 0 Å². The Balaban J connectivity index is 3.98. The first-order valence-electron chi connectivity index (χ1n) is 41.8. The van der Waals surface area contributed by atoms with Crippen LogP contribution in [0.4, 0.5) is 0 Å². The van der Waals surface area contributed by atoms with Gasteiger partial charge < -0.3 is 28.5 Å². The monoisotopic (exact) mass is 1360 g/mol. The van der Waals surface area contributed by atoms with Crippen molar-refractivity contribution >= 4 is 17.9 Å². The summed E-state index contributed by atoms with van der Waals surface area (Å²) in [5.41, 5.74) is 0. The van der Waals surface area contributed by atoms with E-state index in [2.05, 4.69) is 98.9 Å². The second kappa shape index (κ2) is 78.2. The van der Waals surface area contributed by atoms with Crippen molar-refractivity contribution in [1.82, 2.24) is 0 Å². The second-order valence-electron chi connectivity index (χ2n) is 29.4. The molecule has 0 aliphatic rings. The minimum Gasteiger partial charge on any atom is -0.477 e. The molecule has 0 saturated heterocycles. The number of likely N-dealkylation sites (N-methyl/N-ethyl adjacent to an activating group) is 1. The Morgan fingerprint density at radius 3 is 0.876 bits per heavy atom. The summed E-state index contributed by atoms with van der Waals surface area (Å²) in [4.78, 5) is 37.8. The summed E-state index contributed by atoms with van der Waals surface area (Å²) in [6.45, 7) is 4.82. The van der Waals surface area contributed by atoms with Gasteiger partial charge in [0.05, 0.1) is 34.4 Å². The molecule has 0 aromatic heterocycles.